The summed E-state index contributed by atoms with van der Waals surface area (Å²) in [6, 6.07) is 0.0511. The quantitative estimate of drug-likeness (QED) is 0.636. The van der Waals surface area contributed by atoms with E-state index in [1.165, 1.54) is 11.3 Å². The van der Waals surface area contributed by atoms with Crippen molar-refractivity contribution in [1.29, 1.82) is 0 Å². The monoisotopic (exact) mass is 334 g/mol. The number of guanidine groups is 1. The van der Waals surface area contributed by atoms with Crippen molar-refractivity contribution in [2.24, 2.45) is 16.8 Å². The van der Waals surface area contributed by atoms with Crippen molar-refractivity contribution in [2.45, 2.75) is 45.8 Å². The van der Waals surface area contributed by atoms with Gasteiger partial charge in [-0.25, -0.2) is 0 Å². The number of likely N-dealkylation sites (tertiary alicyclic amines) is 2. The molecule has 2 aliphatic rings. The fourth-order valence-corrected chi connectivity index (χ4v) is 3.75. The van der Waals surface area contributed by atoms with Crippen LogP contribution in [-0.4, -0.2) is 67.2 Å². The van der Waals surface area contributed by atoms with Crippen LogP contribution in [0.15, 0.2) is 4.99 Å². The van der Waals surface area contributed by atoms with Gasteiger partial charge < -0.3 is 10.2 Å². The Morgan fingerprint density at radius 2 is 1.83 bits per heavy atom. The SMILES string of the molecule is CCN=C(NC1CCN(CC(F)(F)F)C1)N1CC(C)CC(C)C1. The van der Waals surface area contributed by atoms with Crippen LogP contribution in [-0.2, 0) is 0 Å². The summed E-state index contributed by atoms with van der Waals surface area (Å²) in [5.41, 5.74) is 0. The third kappa shape index (κ3) is 5.86. The van der Waals surface area contributed by atoms with Gasteiger partial charge in [-0.15, -0.1) is 0 Å². The second-order valence-corrected chi connectivity index (χ2v) is 7.13. The topological polar surface area (TPSA) is 30.9 Å². The van der Waals surface area contributed by atoms with Crippen molar-refractivity contribution >= 4 is 5.96 Å². The maximum atomic E-state index is 12.5. The van der Waals surface area contributed by atoms with Gasteiger partial charge in [-0.2, -0.15) is 13.2 Å². The summed E-state index contributed by atoms with van der Waals surface area (Å²) < 4.78 is 37.5. The molecule has 2 fully saturated rings. The molecule has 0 bridgehead atoms. The predicted octanol–water partition coefficient (Wildman–Crippen LogP) is 2.57. The summed E-state index contributed by atoms with van der Waals surface area (Å²) in [7, 11) is 0. The maximum absolute atomic E-state index is 12.5. The number of piperidine rings is 1. The van der Waals surface area contributed by atoms with E-state index in [1.54, 1.807) is 0 Å². The van der Waals surface area contributed by atoms with Crippen LogP contribution in [0.1, 0.15) is 33.6 Å². The lowest BCUT2D eigenvalue weighted by Crippen LogP contribution is -2.51. The molecule has 0 aromatic rings. The highest BCUT2D eigenvalue weighted by atomic mass is 19.4. The van der Waals surface area contributed by atoms with E-state index in [9.17, 15) is 13.2 Å². The van der Waals surface area contributed by atoms with Crippen LogP contribution in [0.5, 0.6) is 0 Å². The highest BCUT2D eigenvalue weighted by Gasteiger charge is 2.35. The van der Waals surface area contributed by atoms with Crippen LogP contribution in [0, 0.1) is 11.8 Å². The van der Waals surface area contributed by atoms with Gasteiger partial charge in [0.15, 0.2) is 5.96 Å². The molecule has 3 atom stereocenters. The molecule has 3 unspecified atom stereocenters. The molecule has 0 spiro atoms. The Bertz CT molecular complexity index is 401. The van der Waals surface area contributed by atoms with E-state index >= 15 is 0 Å². The molecule has 134 valence electrons. The molecular formula is C16H29F3N4. The van der Waals surface area contributed by atoms with Crippen molar-refractivity contribution in [3.63, 3.8) is 0 Å². The number of hydrogen-bond donors (Lipinski definition) is 1. The van der Waals surface area contributed by atoms with Crippen LogP contribution < -0.4 is 5.32 Å². The predicted molar refractivity (Wildman–Crippen MR) is 86.5 cm³/mol. The minimum Gasteiger partial charge on any atom is -0.352 e. The summed E-state index contributed by atoms with van der Waals surface area (Å²) >= 11 is 0. The zero-order valence-corrected chi connectivity index (χ0v) is 14.4. The molecule has 0 aromatic carbocycles. The number of rotatable bonds is 3. The second kappa shape index (κ2) is 7.73. The molecule has 4 nitrogen and oxygen atoms in total. The standard InChI is InChI=1S/C16H29F3N4/c1-4-20-15(23-8-12(2)7-13(3)9-23)21-14-5-6-22(10-14)11-16(17,18)19/h12-14H,4-11H2,1-3H3,(H,20,21). The van der Waals surface area contributed by atoms with Gasteiger partial charge in [-0.1, -0.05) is 13.8 Å². The molecule has 0 amide bonds. The maximum Gasteiger partial charge on any atom is 0.401 e. The third-order valence-electron chi connectivity index (χ3n) is 4.48. The minimum atomic E-state index is -4.12. The Hall–Kier alpha value is -0.980. The number of alkyl halides is 3. The molecule has 23 heavy (non-hydrogen) atoms. The van der Waals surface area contributed by atoms with Crippen LogP contribution >= 0.6 is 0 Å². The first-order valence-corrected chi connectivity index (χ1v) is 8.62. The van der Waals surface area contributed by atoms with Gasteiger partial charge in [0.25, 0.3) is 0 Å². The Labute approximate surface area is 137 Å². The van der Waals surface area contributed by atoms with Crippen LogP contribution in [0.25, 0.3) is 0 Å². The molecule has 2 rings (SSSR count). The average Bonchev–Trinajstić information content (AvgIpc) is 2.82. The van der Waals surface area contributed by atoms with E-state index in [0.717, 1.165) is 25.5 Å². The second-order valence-electron chi connectivity index (χ2n) is 7.13. The fraction of sp³-hybridized carbons (Fsp3) is 0.938. The first-order valence-electron chi connectivity index (χ1n) is 8.62. The zero-order valence-electron chi connectivity index (χ0n) is 14.4. The van der Waals surface area contributed by atoms with Gasteiger partial charge in [0.2, 0.25) is 0 Å². The molecule has 2 saturated heterocycles. The van der Waals surface area contributed by atoms with Gasteiger partial charge >= 0.3 is 6.18 Å². The lowest BCUT2D eigenvalue weighted by atomic mass is 9.92. The van der Waals surface area contributed by atoms with Gasteiger partial charge in [-0.05, 0) is 31.6 Å². The molecule has 7 heteroatoms. The summed E-state index contributed by atoms with van der Waals surface area (Å²) in [6.07, 6.45) is -2.16. The highest BCUT2D eigenvalue weighted by Crippen LogP contribution is 2.22. The number of aliphatic imine (C=N–C) groups is 1. The molecule has 0 radical (unpaired) electrons. The molecule has 2 aliphatic heterocycles. The minimum absolute atomic E-state index is 0.0511. The highest BCUT2D eigenvalue weighted by molar-refractivity contribution is 5.80. The molecule has 0 aromatic heterocycles. The third-order valence-corrected chi connectivity index (χ3v) is 4.48. The normalized spacial score (nSPS) is 30.8. The molecule has 2 heterocycles. The van der Waals surface area contributed by atoms with E-state index in [1.807, 2.05) is 6.92 Å². The van der Waals surface area contributed by atoms with E-state index in [2.05, 4.69) is 29.1 Å². The van der Waals surface area contributed by atoms with Gasteiger partial charge in [-0.3, -0.25) is 9.89 Å². The van der Waals surface area contributed by atoms with E-state index in [4.69, 9.17) is 0 Å². The summed E-state index contributed by atoms with van der Waals surface area (Å²) in [5.74, 6) is 2.10. The number of halogens is 3. The summed E-state index contributed by atoms with van der Waals surface area (Å²) in [4.78, 5) is 8.32. The molecule has 1 N–H and O–H groups in total. The molecule has 0 saturated carbocycles. The lowest BCUT2D eigenvalue weighted by Gasteiger charge is -2.38. The van der Waals surface area contributed by atoms with Crippen molar-refractivity contribution in [3.8, 4) is 0 Å². The number of hydrogen-bond acceptors (Lipinski definition) is 2. The van der Waals surface area contributed by atoms with Crippen LogP contribution in [0.3, 0.4) is 0 Å². The fourth-order valence-electron chi connectivity index (χ4n) is 3.75. The van der Waals surface area contributed by atoms with Crippen molar-refractivity contribution < 1.29 is 13.2 Å². The number of nitrogens with zero attached hydrogens (tertiary/aromatic N) is 3. The van der Waals surface area contributed by atoms with E-state index < -0.39 is 12.7 Å². The van der Waals surface area contributed by atoms with Gasteiger partial charge in [0.05, 0.1) is 6.54 Å². The summed E-state index contributed by atoms with van der Waals surface area (Å²) in [5, 5.41) is 3.41. The zero-order chi connectivity index (χ0) is 17.0. The lowest BCUT2D eigenvalue weighted by molar-refractivity contribution is -0.143. The van der Waals surface area contributed by atoms with Crippen LogP contribution in [0.4, 0.5) is 13.2 Å². The molecule has 0 aliphatic carbocycles. The van der Waals surface area contributed by atoms with Crippen molar-refractivity contribution in [3.05, 3.63) is 0 Å². The average molecular weight is 334 g/mol. The van der Waals surface area contributed by atoms with Crippen LogP contribution in [0.2, 0.25) is 0 Å². The van der Waals surface area contributed by atoms with Gasteiger partial charge in [0.1, 0.15) is 0 Å². The first kappa shape index (κ1) is 18.4. The summed E-state index contributed by atoms with van der Waals surface area (Å²) in [6.45, 7) is 9.20. The Kier molecular flexibility index (Phi) is 6.17. The smallest absolute Gasteiger partial charge is 0.352 e. The van der Waals surface area contributed by atoms with E-state index in [-0.39, 0.29) is 6.04 Å². The van der Waals surface area contributed by atoms with Crippen molar-refractivity contribution in [1.82, 2.24) is 15.1 Å². The Balaban J connectivity index is 1.92. The van der Waals surface area contributed by atoms with Gasteiger partial charge in [0, 0.05) is 38.8 Å². The van der Waals surface area contributed by atoms with Crippen molar-refractivity contribution in [2.75, 3.05) is 39.3 Å². The molecular weight excluding hydrogens is 305 g/mol. The Morgan fingerprint density at radius 1 is 1.17 bits per heavy atom. The Morgan fingerprint density at radius 3 is 2.39 bits per heavy atom. The first-order chi connectivity index (χ1) is 10.8. The largest absolute Gasteiger partial charge is 0.401 e. The number of nitrogens with one attached hydrogen (secondary N) is 1. The van der Waals surface area contributed by atoms with E-state index in [0.29, 0.717) is 31.5 Å².